The van der Waals surface area contributed by atoms with Crippen molar-refractivity contribution in [2.24, 2.45) is 0 Å². The minimum atomic E-state index is -4.62. The van der Waals surface area contributed by atoms with E-state index in [9.17, 15) is 25.9 Å². The Morgan fingerprint density at radius 2 is 1.09 bits per heavy atom. The van der Waals surface area contributed by atoms with E-state index in [-0.39, 0.29) is 21.4 Å². The van der Waals surface area contributed by atoms with E-state index < -0.39 is 30.0 Å². The molecule has 0 atom stereocenters. The summed E-state index contributed by atoms with van der Waals surface area (Å²) in [6.45, 7) is 0. The summed E-state index contributed by atoms with van der Waals surface area (Å²) in [5, 5.41) is 11.3. The Bertz CT molecular complexity index is 1190. The van der Waals surface area contributed by atoms with E-state index in [1.54, 1.807) is 14.1 Å². The number of hydrogen-bond acceptors (Lipinski definition) is 6. The van der Waals surface area contributed by atoms with Crippen molar-refractivity contribution in [3.63, 3.8) is 0 Å². The van der Waals surface area contributed by atoms with E-state index in [4.69, 9.17) is 24.4 Å². The number of nitrogens with one attached hydrogen (secondary N) is 4. The molecule has 0 aromatic heterocycles. The van der Waals surface area contributed by atoms with Crippen LogP contribution in [0.2, 0.25) is 0 Å². The molecule has 0 aliphatic heterocycles. The first kappa shape index (κ1) is 25.6. The summed E-state index contributed by atoms with van der Waals surface area (Å²) in [4.78, 5) is -0.854. The van der Waals surface area contributed by atoms with Crippen LogP contribution >= 0.6 is 24.4 Å². The third kappa shape index (κ3) is 6.94. The smallest absolute Gasteiger partial charge is 0.295 e. The summed E-state index contributed by atoms with van der Waals surface area (Å²) >= 11 is 9.94. The van der Waals surface area contributed by atoms with Crippen molar-refractivity contribution in [2.45, 2.75) is 9.79 Å². The van der Waals surface area contributed by atoms with Gasteiger partial charge in [-0.15, -0.1) is 0 Å². The van der Waals surface area contributed by atoms with E-state index in [1.165, 1.54) is 48.6 Å². The number of benzene rings is 2. The third-order valence-electron chi connectivity index (χ3n) is 4.00. The van der Waals surface area contributed by atoms with Gasteiger partial charge in [0, 0.05) is 25.5 Å². The van der Waals surface area contributed by atoms with Crippen molar-refractivity contribution in [1.29, 1.82) is 0 Å². The second-order valence-electron chi connectivity index (χ2n) is 6.20. The summed E-state index contributed by atoms with van der Waals surface area (Å²) < 4.78 is 66.7. The Labute approximate surface area is 196 Å². The number of hydrogen-bond donors (Lipinski definition) is 6. The lowest BCUT2D eigenvalue weighted by Crippen LogP contribution is -2.24. The average Bonchev–Trinajstić information content (AvgIpc) is 2.71. The molecule has 0 heterocycles. The van der Waals surface area contributed by atoms with E-state index in [1.807, 2.05) is 0 Å². The molecule has 2 aromatic carbocycles. The highest BCUT2D eigenvalue weighted by Crippen LogP contribution is 2.26. The van der Waals surface area contributed by atoms with Crippen LogP contribution in [0.1, 0.15) is 11.1 Å². The zero-order valence-corrected chi connectivity index (χ0v) is 20.0. The van der Waals surface area contributed by atoms with Gasteiger partial charge in [-0.1, -0.05) is 24.3 Å². The average molecular weight is 517 g/mol. The number of anilines is 2. The molecular formula is C18H20N4O6S4. The summed E-state index contributed by atoms with van der Waals surface area (Å²) in [5.41, 5.74) is 0.772. The van der Waals surface area contributed by atoms with Gasteiger partial charge in [0.15, 0.2) is 10.2 Å². The van der Waals surface area contributed by atoms with E-state index in [2.05, 4.69) is 21.3 Å². The molecule has 2 rings (SSSR count). The van der Waals surface area contributed by atoms with Crippen molar-refractivity contribution >= 4 is 78.4 Å². The maximum Gasteiger partial charge on any atom is 0.295 e. The van der Waals surface area contributed by atoms with Gasteiger partial charge in [0.1, 0.15) is 9.79 Å². The second kappa shape index (κ2) is 10.3. The Morgan fingerprint density at radius 1 is 0.750 bits per heavy atom. The van der Waals surface area contributed by atoms with Crippen molar-refractivity contribution < 1.29 is 25.9 Å². The molecule has 0 aliphatic rings. The molecule has 0 spiro atoms. The minimum absolute atomic E-state index is 0.0771. The van der Waals surface area contributed by atoms with Gasteiger partial charge < -0.3 is 21.3 Å². The summed E-state index contributed by atoms with van der Waals surface area (Å²) in [6.07, 6.45) is 2.58. The van der Waals surface area contributed by atoms with Crippen LogP contribution in [0.4, 0.5) is 11.4 Å². The van der Waals surface area contributed by atoms with Gasteiger partial charge in [-0.3, -0.25) is 9.11 Å². The largest absolute Gasteiger partial charge is 0.366 e. The normalized spacial score (nSPS) is 11.8. The first-order chi connectivity index (χ1) is 14.8. The summed E-state index contributed by atoms with van der Waals surface area (Å²) in [6, 6.07) is 8.19. The molecular weight excluding hydrogens is 496 g/mol. The molecule has 0 bridgehead atoms. The molecule has 10 nitrogen and oxygen atoms in total. The van der Waals surface area contributed by atoms with Crippen LogP contribution in [-0.2, 0) is 20.2 Å². The molecule has 0 amide bonds. The van der Waals surface area contributed by atoms with Crippen molar-refractivity contribution in [3.05, 3.63) is 47.5 Å². The highest BCUT2D eigenvalue weighted by Gasteiger charge is 2.17. The fourth-order valence-electron chi connectivity index (χ4n) is 2.51. The highest BCUT2D eigenvalue weighted by atomic mass is 32.2. The lowest BCUT2D eigenvalue weighted by molar-refractivity contribution is 0.480. The minimum Gasteiger partial charge on any atom is -0.366 e. The van der Waals surface area contributed by atoms with Gasteiger partial charge in [0.2, 0.25) is 0 Å². The predicted molar refractivity (Wildman–Crippen MR) is 132 cm³/mol. The summed E-state index contributed by atoms with van der Waals surface area (Å²) in [5.74, 6) is 0. The fourth-order valence-corrected chi connectivity index (χ4v) is 4.17. The van der Waals surface area contributed by atoms with E-state index in [0.29, 0.717) is 11.4 Å². The molecule has 0 unspecified atom stereocenters. The zero-order chi connectivity index (χ0) is 24.1. The monoisotopic (exact) mass is 516 g/mol. The Morgan fingerprint density at radius 3 is 1.38 bits per heavy atom. The molecule has 0 radical (unpaired) electrons. The molecule has 0 saturated heterocycles. The molecule has 32 heavy (non-hydrogen) atoms. The standard InChI is InChI=1S/C18H20N4O6S4/c1-19-17(29)21-13-7-5-11(15(9-13)31(23,24)25)3-4-12-6-8-14(22-18(30)20-2)10-16(12)32(26,27)28/h3-10H,1-2H3,(H2,19,21,29)(H2,20,22,30)(H,23,24,25)(H,26,27,28). The third-order valence-corrected chi connectivity index (χ3v) is 6.43. The predicted octanol–water partition coefficient (Wildman–Crippen LogP) is 2.18. The molecule has 14 heteroatoms. The van der Waals surface area contributed by atoms with Crippen LogP contribution in [0.25, 0.3) is 12.2 Å². The van der Waals surface area contributed by atoms with Crippen LogP contribution in [0.3, 0.4) is 0 Å². The van der Waals surface area contributed by atoms with Gasteiger partial charge in [0.05, 0.1) is 0 Å². The van der Waals surface area contributed by atoms with Crippen LogP contribution < -0.4 is 21.3 Å². The maximum atomic E-state index is 11.9. The van der Waals surface area contributed by atoms with E-state index >= 15 is 0 Å². The quantitative estimate of drug-likeness (QED) is 0.189. The van der Waals surface area contributed by atoms with Gasteiger partial charge in [0.25, 0.3) is 20.2 Å². The second-order valence-corrected chi connectivity index (χ2v) is 9.79. The molecule has 2 aromatic rings. The number of rotatable bonds is 6. The first-order valence-corrected chi connectivity index (χ1v) is 12.4. The summed E-state index contributed by atoms with van der Waals surface area (Å²) in [7, 11) is -6.08. The SMILES string of the molecule is CNC(=S)Nc1ccc(C=Cc2ccc(NC(=S)NC)cc2S(=O)(=O)O)c(S(=O)(=O)O)c1. The molecule has 0 saturated carbocycles. The lowest BCUT2D eigenvalue weighted by Gasteiger charge is -2.11. The van der Waals surface area contributed by atoms with Crippen molar-refractivity contribution in [3.8, 4) is 0 Å². The van der Waals surface area contributed by atoms with Crippen molar-refractivity contribution in [1.82, 2.24) is 10.6 Å². The highest BCUT2D eigenvalue weighted by molar-refractivity contribution is 7.86. The van der Waals surface area contributed by atoms with Crippen LogP contribution in [0.5, 0.6) is 0 Å². The van der Waals surface area contributed by atoms with Crippen LogP contribution in [0.15, 0.2) is 46.2 Å². The molecule has 0 fully saturated rings. The Balaban J connectivity index is 2.52. The Kier molecular flexibility index (Phi) is 8.28. The molecule has 0 aliphatic carbocycles. The van der Waals surface area contributed by atoms with E-state index in [0.717, 1.165) is 0 Å². The van der Waals surface area contributed by atoms with Crippen LogP contribution in [0, 0.1) is 0 Å². The van der Waals surface area contributed by atoms with Gasteiger partial charge in [-0.05, 0) is 59.8 Å². The van der Waals surface area contributed by atoms with Gasteiger partial charge >= 0.3 is 0 Å². The topological polar surface area (TPSA) is 157 Å². The van der Waals surface area contributed by atoms with Gasteiger partial charge in [-0.25, -0.2) is 0 Å². The van der Waals surface area contributed by atoms with Crippen LogP contribution in [-0.4, -0.2) is 50.3 Å². The molecule has 172 valence electrons. The molecule has 6 N–H and O–H groups in total. The fraction of sp³-hybridized carbons (Fsp3) is 0.111. The van der Waals surface area contributed by atoms with Gasteiger partial charge in [-0.2, -0.15) is 16.8 Å². The Hall–Kier alpha value is -2.62. The number of thiocarbonyl (C=S) groups is 2. The maximum absolute atomic E-state index is 11.9. The zero-order valence-electron chi connectivity index (χ0n) is 16.8. The van der Waals surface area contributed by atoms with Crippen molar-refractivity contribution in [2.75, 3.05) is 24.7 Å². The first-order valence-electron chi connectivity index (χ1n) is 8.74. The lowest BCUT2D eigenvalue weighted by atomic mass is 10.1.